The fourth-order valence-electron chi connectivity index (χ4n) is 2.22. The molecular formula is C13H17N3O3S. The van der Waals surface area contributed by atoms with Crippen molar-refractivity contribution >= 4 is 29.0 Å². The first-order chi connectivity index (χ1) is 9.54. The van der Waals surface area contributed by atoms with E-state index in [1.165, 1.54) is 12.1 Å². The number of carbonyl (C=O) groups excluding carboxylic acids is 1. The smallest absolute Gasteiger partial charge is 0.292 e. The van der Waals surface area contributed by atoms with E-state index >= 15 is 0 Å². The molecule has 1 atom stereocenters. The van der Waals surface area contributed by atoms with Gasteiger partial charge in [-0.1, -0.05) is 0 Å². The lowest BCUT2D eigenvalue weighted by Crippen LogP contribution is -2.44. The second-order valence-electron chi connectivity index (χ2n) is 4.66. The normalized spacial score (nSPS) is 18.7. The molecule has 6 nitrogen and oxygen atoms in total. The van der Waals surface area contributed by atoms with Gasteiger partial charge < -0.3 is 10.2 Å². The molecule has 1 saturated heterocycles. The molecule has 1 amide bonds. The van der Waals surface area contributed by atoms with E-state index in [9.17, 15) is 14.9 Å². The van der Waals surface area contributed by atoms with Crippen LogP contribution in [-0.4, -0.2) is 46.9 Å². The molecule has 2 rings (SSSR count). The number of hydrogen-bond acceptors (Lipinski definition) is 5. The Morgan fingerprint density at radius 2 is 2.30 bits per heavy atom. The minimum Gasteiger partial charge on any atom is -0.383 e. The molecule has 1 aliphatic heterocycles. The van der Waals surface area contributed by atoms with Gasteiger partial charge in [-0.05, 0) is 19.1 Å². The van der Waals surface area contributed by atoms with Crippen LogP contribution in [0.15, 0.2) is 18.2 Å². The van der Waals surface area contributed by atoms with Crippen molar-refractivity contribution in [3.63, 3.8) is 0 Å². The van der Waals surface area contributed by atoms with Crippen LogP contribution in [0.3, 0.4) is 0 Å². The van der Waals surface area contributed by atoms with Gasteiger partial charge in [0, 0.05) is 42.8 Å². The highest BCUT2D eigenvalue weighted by atomic mass is 32.2. The van der Waals surface area contributed by atoms with Crippen LogP contribution in [0.1, 0.15) is 17.3 Å². The van der Waals surface area contributed by atoms with Crippen molar-refractivity contribution in [2.45, 2.75) is 13.0 Å². The Kier molecular flexibility index (Phi) is 4.49. The van der Waals surface area contributed by atoms with E-state index in [4.69, 9.17) is 0 Å². The largest absolute Gasteiger partial charge is 0.383 e. The van der Waals surface area contributed by atoms with Crippen LogP contribution in [0.2, 0.25) is 0 Å². The summed E-state index contributed by atoms with van der Waals surface area (Å²) in [4.78, 5) is 24.7. The second kappa shape index (κ2) is 6.13. The number of nitro groups is 1. The van der Waals surface area contributed by atoms with Gasteiger partial charge in [0.1, 0.15) is 5.69 Å². The van der Waals surface area contributed by atoms with Crippen LogP contribution in [0.5, 0.6) is 0 Å². The van der Waals surface area contributed by atoms with E-state index in [2.05, 4.69) is 5.32 Å². The summed E-state index contributed by atoms with van der Waals surface area (Å²) in [5, 5.41) is 13.7. The van der Waals surface area contributed by atoms with E-state index in [0.29, 0.717) is 11.3 Å². The van der Waals surface area contributed by atoms with Crippen LogP contribution >= 0.6 is 11.8 Å². The van der Waals surface area contributed by atoms with Gasteiger partial charge in [-0.2, -0.15) is 11.8 Å². The summed E-state index contributed by atoms with van der Waals surface area (Å²) in [6, 6.07) is 4.64. The van der Waals surface area contributed by atoms with Crippen LogP contribution in [0, 0.1) is 10.1 Å². The first kappa shape index (κ1) is 14.6. The van der Waals surface area contributed by atoms with Crippen molar-refractivity contribution in [1.29, 1.82) is 0 Å². The maximum absolute atomic E-state index is 12.5. The summed E-state index contributed by atoms with van der Waals surface area (Å²) in [6.45, 7) is 2.74. The molecule has 108 valence electrons. The van der Waals surface area contributed by atoms with Gasteiger partial charge in [0.05, 0.1) is 4.92 Å². The maximum atomic E-state index is 12.5. The number of carbonyl (C=O) groups is 1. The van der Waals surface area contributed by atoms with Crippen molar-refractivity contribution in [3.05, 3.63) is 33.9 Å². The fraction of sp³-hybridized carbons (Fsp3) is 0.462. The number of nitrogens with one attached hydrogen (secondary N) is 1. The molecule has 1 aliphatic rings. The number of amides is 1. The van der Waals surface area contributed by atoms with Gasteiger partial charge in [0.15, 0.2) is 0 Å². The minimum absolute atomic E-state index is 0.0219. The van der Waals surface area contributed by atoms with Crippen molar-refractivity contribution in [3.8, 4) is 0 Å². The van der Waals surface area contributed by atoms with E-state index in [1.54, 1.807) is 13.1 Å². The Morgan fingerprint density at radius 1 is 1.55 bits per heavy atom. The number of nitro benzene ring substituents is 1. The highest BCUT2D eigenvalue weighted by molar-refractivity contribution is 7.99. The predicted molar refractivity (Wildman–Crippen MR) is 80.5 cm³/mol. The molecule has 0 spiro atoms. The maximum Gasteiger partial charge on any atom is 0.292 e. The predicted octanol–water partition coefficient (Wildman–Crippen LogP) is 2.21. The Morgan fingerprint density at radius 3 is 2.90 bits per heavy atom. The average Bonchev–Trinajstić information content (AvgIpc) is 2.46. The molecule has 0 aliphatic carbocycles. The molecule has 0 bridgehead atoms. The molecule has 1 unspecified atom stereocenters. The van der Waals surface area contributed by atoms with Crippen LogP contribution in [0.25, 0.3) is 0 Å². The van der Waals surface area contributed by atoms with Crippen molar-refractivity contribution < 1.29 is 9.72 Å². The first-order valence-electron chi connectivity index (χ1n) is 6.39. The fourth-order valence-corrected chi connectivity index (χ4v) is 3.24. The molecule has 7 heteroatoms. The molecule has 0 saturated carbocycles. The Bertz CT molecular complexity index is 536. The third kappa shape index (κ3) is 2.87. The number of thioether (sulfide) groups is 1. The number of nitrogens with zero attached hydrogens (tertiary/aromatic N) is 2. The zero-order valence-electron chi connectivity index (χ0n) is 11.5. The van der Waals surface area contributed by atoms with Gasteiger partial charge in [0.25, 0.3) is 11.6 Å². The van der Waals surface area contributed by atoms with Gasteiger partial charge in [-0.15, -0.1) is 0 Å². The van der Waals surface area contributed by atoms with Crippen molar-refractivity contribution in [2.24, 2.45) is 0 Å². The van der Waals surface area contributed by atoms with Crippen molar-refractivity contribution in [2.75, 3.05) is 30.4 Å². The minimum atomic E-state index is -0.458. The van der Waals surface area contributed by atoms with Crippen LogP contribution < -0.4 is 5.32 Å². The summed E-state index contributed by atoms with van der Waals surface area (Å²) >= 11 is 1.84. The standard InChI is InChI=1S/C13H17N3O3S/c1-9-8-20-6-5-15(9)13(17)10-3-4-12(16(18)19)11(7-10)14-2/h3-4,7,9,14H,5-6,8H2,1-2H3. The van der Waals surface area contributed by atoms with Gasteiger partial charge in [-0.3, -0.25) is 14.9 Å². The van der Waals surface area contributed by atoms with Crippen LogP contribution in [0.4, 0.5) is 11.4 Å². The molecule has 1 fully saturated rings. The molecule has 0 aromatic heterocycles. The Labute approximate surface area is 121 Å². The number of anilines is 1. The third-order valence-electron chi connectivity index (χ3n) is 3.34. The molecule has 1 heterocycles. The average molecular weight is 295 g/mol. The molecular weight excluding hydrogens is 278 g/mol. The lowest BCUT2D eigenvalue weighted by atomic mass is 10.1. The highest BCUT2D eigenvalue weighted by Crippen LogP contribution is 2.26. The van der Waals surface area contributed by atoms with E-state index in [1.807, 2.05) is 23.6 Å². The van der Waals surface area contributed by atoms with Gasteiger partial charge >= 0.3 is 0 Å². The summed E-state index contributed by atoms with van der Waals surface area (Å²) in [7, 11) is 1.61. The molecule has 20 heavy (non-hydrogen) atoms. The Hall–Kier alpha value is -1.76. The Balaban J connectivity index is 2.28. The highest BCUT2D eigenvalue weighted by Gasteiger charge is 2.25. The quantitative estimate of drug-likeness (QED) is 0.683. The SMILES string of the molecule is CNc1cc(C(=O)N2CCSCC2C)ccc1[N+](=O)[O-]. The lowest BCUT2D eigenvalue weighted by Gasteiger charge is -2.33. The second-order valence-corrected chi connectivity index (χ2v) is 5.81. The summed E-state index contributed by atoms with van der Waals surface area (Å²) in [6.07, 6.45) is 0. The monoisotopic (exact) mass is 295 g/mol. The lowest BCUT2D eigenvalue weighted by molar-refractivity contribution is -0.383. The van der Waals surface area contributed by atoms with Gasteiger partial charge in [-0.25, -0.2) is 0 Å². The molecule has 0 radical (unpaired) electrons. The van der Waals surface area contributed by atoms with E-state index < -0.39 is 4.92 Å². The van der Waals surface area contributed by atoms with Gasteiger partial charge in [0.2, 0.25) is 0 Å². The molecule has 1 aromatic carbocycles. The number of hydrogen-bond donors (Lipinski definition) is 1. The summed E-state index contributed by atoms with van der Waals surface area (Å²) in [5.74, 6) is 1.80. The summed E-state index contributed by atoms with van der Waals surface area (Å²) in [5.41, 5.74) is 0.824. The van der Waals surface area contributed by atoms with Crippen molar-refractivity contribution in [1.82, 2.24) is 4.90 Å². The number of rotatable bonds is 3. The van der Waals surface area contributed by atoms with E-state index in [0.717, 1.165) is 18.1 Å². The molecule has 1 aromatic rings. The summed E-state index contributed by atoms with van der Waals surface area (Å²) < 4.78 is 0. The zero-order valence-corrected chi connectivity index (χ0v) is 12.3. The van der Waals surface area contributed by atoms with E-state index in [-0.39, 0.29) is 17.6 Å². The van der Waals surface area contributed by atoms with Crippen LogP contribution in [-0.2, 0) is 0 Å². The zero-order chi connectivity index (χ0) is 14.7. The third-order valence-corrected chi connectivity index (χ3v) is 4.53. The molecule has 1 N–H and O–H groups in total. The first-order valence-corrected chi connectivity index (χ1v) is 7.55. The number of benzene rings is 1. The topological polar surface area (TPSA) is 75.5 Å².